The number of rotatable bonds is 13. The first-order valence-electron chi connectivity index (χ1n) is 14.1. The normalized spacial score (nSPS) is 17.2. The summed E-state index contributed by atoms with van der Waals surface area (Å²) in [6.45, 7) is 8.59. The number of sulfone groups is 1. The van der Waals surface area contributed by atoms with Crippen molar-refractivity contribution in [1.29, 1.82) is 0 Å². The first-order valence-corrected chi connectivity index (χ1v) is 16.0. The molecule has 0 saturated carbocycles. The molecule has 1 aliphatic heterocycles. The number of anilines is 1. The molecule has 1 fully saturated rings. The highest BCUT2D eigenvalue weighted by Gasteiger charge is 2.43. The van der Waals surface area contributed by atoms with Crippen molar-refractivity contribution in [1.82, 2.24) is 5.32 Å². The van der Waals surface area contributed by atoms with Crippen LogP contribution in [0.3, 0.4) is 0 Å². The maximum Gasteiger partial charge on any atom is 0.227 e. The number of carbonyl (C=O) groups excluding carboxylic acids is 1. The zero-order valence-electron chi connectivity index (χ0n) is 24.2. The van der Waals surface area contributed by atoms with E-state index in [1.54, 1.807) is 41.3 Å². The Morgan fingerprint density at radius 1 is 0.976 bits per heavy atom. The van der Waals surface area contributed by atoms with Crippen molar-refractivity contribution < 1.29 is 27.1 Å². The molecule has 41 heavy (non-hydrogen) atoms. The van der Waals surface area contributed by atoms with Crippen LogP contribution in [-0.2, 0) is 21.2 Å². The van der Waals surface area contributed by atoms with Crippen LogP contribution in [0.1, 0.15) is 45.6 Å². The van der Waals surface area contributed by atoms with E-state index < -0.39 is 9.84 Å². The Kier molecular flexibility index (Phi) is 9.71. The van der Waals surface area contributed by atoms with Crippen LogP contribution in [0.15, 0.2) is 65.6 Å². The molecule has 0 aliphatic carbocycles. The third kappa shape index (κ3) is 7.08. The van der Waals surface area contributed by atoms with Gasteiger partial charge in [-0.2, -0.15) is 0 Å². The van der Waals surface area contributed by atoms with Gasteiger partial charge >= 0.3 is 0 Å². The highest BCUT2D eigenvalue weighted by Crippen LogP contribution is 2.42. The van der Waals surface area contributed by atoms with E-state index in [4.69, 9.17) is 9.47 Å². The fourth-order valence-electron chi connectivity index (χ4n) is 5.46. The monoisotopic (exact) mass is 582 g/mol. The number of hydrogen-bond acceptors (Lipinski definition) is 6. The lowest BCUT2D eigenvalue weighted by Gasteiger charge is -2.28. The van der Waals surface area contributed by atoms with Gasteiger partial charge in [-0.05, 0) is 86.2 Å². The number of nitrogens with one attached hydrogen (secondary N) is 1. The number of hydrogen-bond donors (Lipinski definition) is 1. The van der Waals surface area contributed by atoms with E-state index in [9.17, 15) is 17.6 Å². The van der Waals surface area contributed by atoms with Gasteiger partial charge in [0.25, 0.3) is 0 Å². The predicted octanol–water partition coefficient (Wildman–Crippen LogP) is 6.01. The lowest BCUT2D eigenvalue weighted by atomic mass is 9.81. The van der Waals surface area contributed by atoms with E-state index in [1.165, 1.54) is 18.4 Å². The second-order valence-corrected chi connectivity index (χ2v) is 12.5. The zero-order chi connectivity index (χ0) is 29.6. The highest BCUT2D eigenvalue weighted by atomic mass is 32.2. The summed E-state index contributed by atoms with van der Waals surface area (Å²) in [6.07, 6.45) is 3.10. The molecule has 3 aromatic carbocycles. The summed E-state index contributed by atoms with van der Waals surface area (Å²) in [5.41, 5.74) is 2.79. The quantitative estimate of drug-likeness (QED) is 0.249. The summed E-state index contributed by atoms with van der Waals surface area (Å²) >= 11 is 0. The number of nitrogens with zero attached hydrogens (tertiary/aromatic N) is 1. The van der Waals surface area contributed by atoms with Crippen LogP contribution in [0.25, 0.3) is 11.1 Å². The van der Waals surface area contributed by atoms with Crippen molar-refractivity contribution >= 4 is 21.4 Å². The third-order valence-electron chi connectivity index (χ3n) is 7.65. The van der Waals surface area contributed by atoms with Crippen molar-refractivity contribution in [3.05, 3.63) is 72.0 Å². The number of benzene rings is 3. The molecule has 220 valence electrons. The average molecular weight is 583 g/mol. The molecule has 4 rings (SSSR count). The molecule has 0 aromatic heterocycles. The molecule has 1 saturated heterocycles. The summed E-state index contributed by atoms with van der Waals surface area (Å²) in [5, 5.41) is 3.51. The maximum absolute atomic E-state index is 13.6. The van der Waals surface area contributed by atoms with E-state index >= 15 is 0 Å². The molecule has 1 amide bonds. The maximum atomic E-state index is 13.6. The van der Waals surface area contributed by atoms with Crippen molar-refractivity contribution in [2.75, 3.05) is 37.5 Å². The van der Waals surface area contributed by atoms with E-state index in [0.717, 1.165) is 29.5 Å². The predicted molar refractivity (Wildman–Crippen MR) is 160 cm³/mol. The van der Waals surface area contributed by atoms with Crippen LogP contribution in [0.4, 0.5) is 10.1 Å². The van der Waals surface area contributed by atoms with Gasteiger partial charge in [-0.25, -0.2) is 12.8 Å². The first-order chi connectivity index (χ1) is 19.6. The Labute approximate surface area is 242 Å². The van der Waals surface area contributed by atoms with Crippen LogP contribution in [0, 0.1) is 11.2 Å². The second-order valence-electron chi connectivity index (χ2n) is 10.5. The molecule has 7 nitrogen and oxygen atoms in total. The number of ether oxygens (including phenoxy) is 2. The fraction of sp³-hybridized carbons (Fsp3) is 0.406. The number of amides is 1. The minimum atomic E-state index is -3.47. The van der Waals surface area contributed by atoms with Gasteiger partial charge in [0.2, 0.25) is 5.91 Å². The Bertz CT molecular complexity index is 1450. The summed E-state index contributed by atoms with van der Waals surface area (Å²) in [7, 11) is -3.47. The van der Waals surface area contributed by atoms with Crippen LogP contribution in [0.2, 0.25) is 0 Å². The van der Waals surface area contributed by atoms with Gasteiger partial charge in [0.05, 0.1) is 29.4 Å². The number of para-hydroxylation sites is 1. The van der Waals surface area contributed by atoms with Crippen molar-refractivity contribution in [3.63, 3.8) is 0 Å². The second kappa shape index (κ2) is 13.0. The van der Waals surface area contributed by atoms with Gasteiger partial charge in [-0.15, -0.1) is 0 Å². The lowest BCUT2D eigenvalue weighted by molar-refractivity contribution is -0.117. The molecule has 1 N–H and O–H groups in total. The van der Waals surface area contributed by atoms with E-state index in [0.29, 0.717) is 56.5 Å². The molecular formula is C32H39FN2O5S. The standard InChI is InChI=1S/C32H39FN2O5S/c1-5-32(20-30(36)35(22-32)26-10-8-9-11-29(26)41(4,37)38)16-17-34-21-23-18-27(39-6-2)31(28(19-23)40-7-3)24-12-14-25(33)15-13-24/h8-15,18-19,34H,5-7,16-17,20-22H2,1-4H3. The van der Waals surface area contributed by atoms with Gasteiger partial charge < -0.3 is 19.7 Å². The Morgan fingerprint density at radius 2 is 1.61 bits per heavy atom. The van der Waals surface area contributed by atoms with E-state index in [1.807, 2.05) is 26.0 Å². The minimum Gasteiger partial charge on any atom is -0.493 e. The summed E-state index contributed by atoms with van der Waals surface area (Å²) in [4.78, 5) is 14.9. The molecule has 1 aliphatic rings. The van der Waals surface area contributed by atoms with Crippen molar-refractivity contribution in [2.45, 2.75) is 51.5 Å². The Balaban J connectivity index is 1.48. The van der Waals surface area contributed by atoms with Crippen LogP contribution in [0.5, 0.6) is 11.5 Å². The SMILES string of the molecule is CCOc1cc(CNCCC2(CC)CC(=O)N(c3ccccc3S(C)(=O)=O)C2)cc(OCC)c1-c1ccc(F)cc1. The van der Waals surface area contributed by atoms with Crippen molar-refractivity contribution in [2.24, 2.45) is 5.41 Å². The Hall–Kier alpha value is -3.43. The number of carbonyl (C=O) groups is 1. The third-order valence-corrected chi connectivity index (χ3v) is 8.79. The van der Waals surface area contributed by atoms with E-state index in [2.05, 4.69) is 12.2 Å². The molecule has 1 heterocycles. The van der Waals surface area contributed by atoms with E-state index in [-0.39, 0.29) is 22.0 Å². The molecule has 0 radical (unpaired) electrons. The Morgan fingerprint density at radius 3 is 2.20 bits per heavy atom. The van der Waals surface area contributed by atoms with Crippen molar-refractivity contribution in [3.8, 4) is 22.6 Å². The highest BCUT2D eigenvalue weighted by molar-refractivity contribution is 7.90. The van der Waals surface area contributed by atoms with Gasteiger partial charge in [-0.3, -0.25) is 4.79 Å². The topological polar surface area (TPSA) is 84.9 Å². The number of halogens is 1. The molecule has 0 spiro atoms. The molecule has 3 aromatic rings. The average Bonchev–Trinajstić information content (AvgIpc) is 3.28. The summed E-state index contributed by atoms with van der Waals surface area (Å²) in [5.74, 6) is 0.992. The smallest absolute Gasteiger partial charge is 0.227 e. The lowest BCUT2D eigenvalue weighted by Crippen LogP contribution is -2.31. The fourth-order valence-corrected chi connectivity index (χ4v) is 6.35. The molecule has 1 unspecified atom stereocenters. The largest absolute Gasteiger partial charge is 0.493 e. The molecule has 9 heteroatoms. The van der Waals surface area contributed by atoms with Gasteiger partial charge in [0.15, 0.2) is 9.84 Å². The molecule has 0 bridgehead atoms. The van der Waals surface area contributed by atoms with Gasteiger partial charge in [0, 0.05) is 25.8 Å². The van der Waals surface area contributed by atoms with Crippen LogP contribution in [-0.4, -0.2) is 46.9 Å². The molecular weight excluding hydrogens is 543 g/mol. The van der Waals surface area contributed by atoms with Gasteiger partial charge in [-0.1, -0.05) is 31.2 Å². The zero-order valence-corrected chi connectivity index (χ0v) is 25.0. The summed E-state index contributed by atoms with van der Waals surface area (Å²) in [6, 6.07) is 17.0. The van der Waals surface area contributed by atoms with Gasteiger partial charge in [0.1, 0.15) is 17.3 Å². The minimum absolute atomic E-state index is 0.0537. The van der Waals surface area contributed by atoms with Crippen LogP contribution < -0.4 is 19.7 Å². The first kappa shape index (κ1) is 30.5. The summed E-state index contributed by atoms with van der Waals surface area (Å²) < 4.78 is 50.3. The van der Waals surface area contributed by atoms with Crippen LogP contribution >= 0.6 is 0 Å². The molecule has 1 atom stereocenters.